The maximum atomic E-state index is 11.2. The Morgan fingerprint density at radius 3 is 0.553 bits per heavy atom. The Morgan fingerprint density at radius 1 is 0.205 bits per heavy atom. The van der Waals surface area contributed by atoms with Crippen LogP contribution in [0.2, 0.25) is 0 Å². The zero-order valence-electron chi connectivity index (χ0n) is 83.1. The number of unbranched alkanes of at least 4 members (excludes halogenated alkanes) is 11. The van der Waals surface area contributed by atoms with Gasteiger partial charge in [0.25, 0.3) is 0 Å². The van der Waals surface area contributed by atoms with Crippen molar-refractivity contribution in [2.75, 3.05) is 59.5 Å². The van der Waals surface area contributed by atoms with Crippen LogP contribution in [0.15, 0.2) is 170 Å². The van der Waals surface area contributed by atoms with Gasteiger partial charge in [0.05, 0.1) is 52.9 Å². The number of hydrogen-bond acceptors (Lipinski definition) is 16. The summed E-state index contributed by atoms with van der Waals surface area (Å²) in [5.41, 5.74) is 9.27. The van der Waals surface area contributed by atoms with Crippen LogP contribution >= 0.6 is 0 Å². The number of benzene rings is 7. The lowest BCUT2D eigenvalue weighted by Crippen LogP contribution is -2.09. The highest BCUT2D eigenvalue weighted by molar-refractivity contribution is 5.70. The number of esters is 2. The first kappa shape index (κ1) is 119. The molecule has 736 valence electrons. The quantitative estimate of drug-likeness (QED) is 0.0175. The molecular formula is C111H166O21. The van der Waals surface area contributed by atoms with Crippen molar-refractivity contribution in [3.63, 3.8) is 0 Å². The van der Waals surface area contributed by atoms with E-state index in [0.717, 1.165) is 182 Å². The van der Waals surface area contributed by atoms with Gasteiger partial charge in [0.2, 0.25) is 0 Å². The normalized spacial score (nSPS) is 10.6. The first-order chi connectivity index (χ1) is 63.1. The number of carboxylic acids is 5. The molecule has 21 nitrogen and oxygen atoms in total. The molecule has 0 atom stereocenters. The number of carbonyl (C=O) groups is 7. The highest BCUT2D eigenvalue weighted by atomic mass is 16.5. The average Bonchev–Trinajstić information content (AvgIpc) is 0.943. The van der Waals surface area contributed by atoms with Gasteiger partial charge in [-0.2, -0.15) is 0 Å². The number of aliphatic carboxylic acids is 5. The standard InChI is InChI=1S/C19H30O3.C18H28O3.C17H26O3.C16H24O3.C15H22O3.C14H20O3.C12H16O3/c1-4-21-19(20)9-7-5-6-8-14-22-18-12-10-17(11-13-18)15-16(2)3;1-4-20-18(19)8-6-5-7-13-21-17-11-9-16(10-12-17)14-15(2)3;1-14(2)13-15-8-10-16(11-9-15)20-12-6-4-3-5-7-17(18)19;1-13(2)12-14-7-9-15(10-8-14)19-11-5-3-4-6-16(17)18;1-12(2)11-13-6-8-14(9-7-13)18-10-4-3-5-15(16)17;1-11(2)10-12-5-7-13(8-6-12)17-9-3-4-14(15)16;1-9(2)7-10-3-5-11(6-4-10)15-8-12(13)14/h10-13,16H,4-9,14-15H2,1-3H3;9-12,15H,4-8,13-14H2,1-3H3;8-11,14H,3-7,12-13H2,1-2H3,(H,18,19);7-10,13H,3-6,11-12H2,1-2H3,(H,17,18);6-9,12H,3-5,10-11H2,1-2H3,(H,16,17);5-8,11H,3-4,9-10H2,1-2H3,(H,15,16);3-6,9H,7-8H2,1-2H3,(H,13,14). The SMILES string of the molecule is CC(C)Cc1ccc(OCC(=O)O)cc1.CC(C)Cc1ccc(OCCCC(=O)O)cc1.CC(C)Cc1ccc(OCCCCC(=O)O)cc1.CC(C)Cc1ccc(OCCCCCC(=O)O)cc1.CC(C)Cc1ccc(OCCCCCCC(=O)O)cc1.CCOC(=O)CCCCCCOc1ccc(CC(C)C)cc1.CCOC(=O)CCCCCOc1ccc(CC(C)C)cc1. The second-order valence-corrected chi connectivity index (χ2v) is 36.2. The molecule has 0 saturated carbocycles. The summed E-state index contributed by atoms with van der Waals surface area (Å²) in [6, 6.07) is 57.0. The Hall–Kier alpha value is -10.6. The molecule has 0 amide bonds. The number of carboxylic acid groups (broad SMARTS) is 5. The molecule has 0 saturated heterocycles. The third-order valence-electron chi connectivity index (χ3n) is 19.5. The van der Waals surface area contributed by atoms with E-state index in [2.05, 4.69) is 182 Å². The fraction of sp³-hybridized carbons (Fsp3) is 0.559. The highest BCUT2D eigenvalue weighted by Crippen LogP contribution is 2.24. The molecule has 0 aromatic heterocycles. The molecule has 0 aliphatic heterocycles. The van der Waals surface area contributed by atoms with Crippen LogP contribution in [0.3, 0.4) is 0 Å². The van der Waals surface area contributed by atoms with Crippen molar-refractivity contribution >= 4 is 41.8 Å². The minimum Gasteiger partial charge on any atom is -0.494 e. The van der Waals surface area contributed by atoms with E-state index in [1.54, 1.807) is 12.1 Å². The third-order valence-corrected chi connectivity index (χ3v) is 19.5. The minimum atomic E-state index is -0.957. The van der Waals surface area contributed by atoms with Crippen LogP contribution < -0.4 is 33.2 Å². The number of hydrogen-bond donors (Lipinski definition) is 5. The fourth-order valence-corrected chi connectivity index (χ4v) is 13.3. The molecular weight excluding hydrogens is 1670 g/mol. The summed E-state index contributed by atoms with van der Waals surface area (Å²) >= 11 is 0. The van der Waals surface area contributed by atoms with E-state index in [1.165, 1.54) is 38.9 Å². The summed E-state index contributed by atoms with van der Waals surface area (Å²) in [6.07, 6.45) is 24.7. The summed E-state index contributed by atoms with van der Waals surface area (Å²) in [7, 11) is 0. The second-order valence-electron chi connectivity index (χ2n) is 36.2. The third kappa shape index (κ3) is 73.0. The minimum absolute atomic E-state index is 0.0831. The molecule has 0 fully saturated rings. The van der Waals surface area contributed by atoms with Gasteiger partial charge in [-0.05, 0) is 308 Å². The van der Waals surface area contributed by atoms with Gasteiger partial charge in [-0.15, -0.1) is 0 Å². The smallest absolute Gasteiger partial charge is 0.341 e. The van der Waals surface area contributed by atoms with Crippen molar-refractivity contribution < 1.29 is 102 Å². The first-order valence-electron chi connectivity index (χ1n) is 48.5. The van der Waals surface area contributed by atoms with Crippen molar-refractivity contribution in [2.45, 2.75) is 303 Å². The Morgan fingerprint density at radius 2 is 0.364 bits per heavy atom. The van der Waals surface area contributed by atoms with Gasteiger partial charge >= 0.3 is 41.8 Å². The van der Waals surface area contributed by atoms with Gasteiger partial charge in [0.15, 0.2) is 6.61 Å². The molecule has 21 heteroatoms. The monoisotopic (exact) mass is 1840 g/mol. The lowest BCUT2D eigenvalue weighted by molar-refractivity contribution is -0.144. The molecule has 0 spiro atoms. The molecule has 0 heterocycles. The van der Waals surface area contributed by atoms with E-state index in [4.69, 9.17) is 68.2 Å². The summed E-state index contributed by atoms with van der Waals surface area (Å²) in [6.45, 7) is 39.0. The molecule has 7 aromatic rings. The lowest BCUT2D eigenvalue weighted by atomic mass is 10.0. The molecule has 132 heavy (non-hydrogen) atoms. The molecule has 7 aromatic carbocycles. The molecule has 5 N–H and O–H groups in total. The highest BCUT2D eigenvalue weighted by Gasteiger charge is 2.11. The summed E-state index contributed by atoms with van der Waals surface area (Å²) in [5, 5.41) is 42.4. The van der Waals surface area contributed by atoms with Crippen molar-refractivity contribution in [1.29, 1.82) is 0 Å². The fourth-order valence-electron chi connectivity index (χ4n) is 13.3. The number of ether oxygens (including phenoxy) is 9. The topological polar surface area (TPSA) is 304 Å². The zero-order chi connectivity index (χ0) is 97.9. The van der Waals surface area contributed by atoms with E-state index in [1.807, 2.05) is 86.6 Å². The first-order valence-corrected chi connectivity index (χ1v) is 48.5. The Balaban J connectivity index is 0.000000772. The molecule has 0 unspecified atom stereocenters. The predicted molar refractivity (Wildman–Crippen MR) is 531 cm³/mol. The summed E-state index contributed by atoms with van der Waals surface area (Å²) in [4.78, 5) is 73.9. The van der Waals surface area contributed by atoms with Crippen molar-refractivity contribution in [1.82, 2.24) is 0 Å². The van der Waals surface area contributed by atoms with E-state index in [0.29, 0.717) is 119 Å². The summed E-state index contributed by atoms with van der Waals surface area (Å²) in [5.74, 6) is 6.50. The Labute approximate surface area is 792 Å². The maximum absolute atomic E-state index is 11.2. The lowest BCUT2D eigenvalue weighted by Gasteiger charge is -2.08. The number of carbonyl (C=O) groups excluding carboxylic acids is 2. The van der Waals surface area contributed by atoms with Crippen molar-refractivity contribution in [3.05, 3.63) is 209 Å². The van der Waals surface area contributed by atoms with Crippen LogP contribution in [0.1, 0.15) is 297 Å². The maximum Gasteiger partial charge on any atom is 0.341 e. The van der Waals surface area contributed by atoms with Gasteiger partial charge in [-0.1, -0.05) is 208 Å². The van der Waals surface area contributed by atoms with Gasteiger partial charge in [0, 0.05) is 38.5 Å². The van der Waals surface area contributed by atoms with E-state index < -0.39 is 29.8 Å². The second kappa shape index (κ2) is 76.9. The van der Waals surface area contributed by atoms with E-state index in [9.17, 15) is 33.6 Å². The predicted octanol–water partition coefficient (Wildman–Crippen LogP) is 26.4. The van der Waals surface area contributed by atoms with Gasteiger partial charge in [0.1, 0.15) is 40.2 Å². The Bertz CT molecular complexity index is 4040. The molecule has 0 aliphatic rings. The van der Waals surface area contributed by atoms with Gasteiger partial charge < -0.3 is 68.2 Å². The van der Waals surface area contributed by atoms with Gasteiger partial charge in [-0.25, -0.2) is 4.79 Å². The van der Waals surface area contributed by atoms with Crippen LogP contribution in [0, 0.1) is 41.4 Å². The van der Waals surface area contributed by atoms with Crippen LogP contribution in [-0.4, -0.2) is 127 Å². The summed E-state index contributed by atoms with van der Waals surface area (Å²) < 4.78 is 48.6. The average molecular weight is 1840 g/mol. The molecule has 0 bridgehead atoms. The van der Waals surface area contributed by atoms with Crippen LogP contribution in [0.25, 0.3) is 0 Å². The largest absolute Gasteiger partial charge is 0.494 e. The van der Waals surface area contributed by atoms with Crippen molar-refractivity contribution in [2.24, 2.45) is 41.4 Å². The van der Waals surface area contributed by atoms with Gasteiger partial charge in [-0.3, -0.25) is 28.8 Å². The molecule has 0 radical (unpaired) electrons. The Kier molecular flexibility index (Phi) is 69.6. The van der Waals surface area contributed by atoms with E-state index >= 15 is 0 Å². The zero-order valence-corrected chi connectivity index (χ0v) is 83.1. The van der Waals surface area contributed by atoms with Crippen LogP contribution in [0.4, 0.5) is 0 Å². The molecule has 0 aliphatic carbocycles. The van der Waals surface area contributed by atoms with Crippen molar-refractivity contribution in [3.8, 4) is 40.2 Å². The molecule has 7 rings (SSSR count). The van der Waals surface area contributed by atoms with E-state index in [-0.39, 0.29) is 44.2 Å². The number of rotatable bonds is 60. The van der Waals surface area contributed by atoms with Crippen LogP contribution in [0.5, 0.6) is 40.2 Å². The van der Waals surface area contributed by atoms with Crippen LogP contribution in [-0.2, 0) is 88.0 Å².